The highest BCUT2D eigenvalue weighted by molar-refractivity contribution is 9.10. The van der Waals surface area contributed by atoms with E-state index in [9.17, 15) is 0 Å². The molecule has 2 rings (SSSR count). The van der Waals surface area contributed by atoms with Crippen LogP contribution in [0.3, 0.4) is 0 Å². The van der Waals surface area contributed by atoms with Gasteiger partial charge in [0.2, 0.25) is 0 Å². The molecule has 0 aliphatic rings. The fourth-order valence-electron chi connectivity index (χ4n) is 2.15. The number of aromatic nitrogens is 1. The summed E-state index contributed by atoms with van der Waals surface area (Å²) in [6, 6.07) is 7.92. The van der Waals surface area contributed by atoms with Gasteiger partial charge in [0.05, 0.1) is 20.3 Å². The maximum atomic E-state index is 5.45. The lowest BCUT2D eigenvalue weighted by molar-refractivity contribution is 0.390. The quantitative estimate of drug-likeness (QED) is 0.870. The molecule has 1 atom stereocenters. The molecule has 0 radical (unpaired) electrons. The molecule has 1 aromatic heterocycles. The van der Waals surface area contributed by atoms with E-state index in [0.717, 1.165) is 32.9 Å². The number of hydrogen-bond acceptors (Lipinski definition) is 4. The second kappa shape index (κ2) is 6.80. The number of anilines is 1. The number of nitrogens with zero attached hydrogens (tertiary/aromatic N) is 1. The Kier molecular flexibility index (Phi) is 5.07. The third kappa shape index (κ3) is 3.67. The molecule has 0 saturated carbocycles. The second-order valence-corrected chi connectivity index (χ2v) is 5.71. The fourth-order valence-corrected chi connectivity index (χ4v) is 2.60. The number of aryl methyl sites for hydroxylation is 1. The fraction of sp³-hybridized carbons (Fsp3) is 0.312. The number of hydrogen-bond donors (Lipinski definition) is 1. The van der Waals surface area contributed by atoms with Crippen LogP contribution in [0.15, 0.2) is 34.9 Å². The van der Waals surface area contributed by atoms with Crippen molar-refractivity contribution in [1.29, 1.82) is 0 Å². The molecule has 21 heavy (non-hydrogen) atoms. The van der Waals surface area contributed by atoms with Crippen molar-refractivity contribution in [3.63, 3.8) is 0 Å². The van der Waals surface area contributed by atoms with Gasteiger partial charge in [-0.05, 0) is 53.5 Å². The van der Waals surface area contributed by atoms with Gasteiger partial charge in [-0.2, -0.15) is 0 Å². The van der Waals surface area contributed by atoms with Crippen LogP contribution >= 0.6 is 15.9 Å². The lowest BCUT2D eigenvalue weighted by atomic mass is 10.1. The Labute approximate surface area is 133 Å². The van der Waals surface area contributed by atoms with E-state index in [1.807, 2.05) is 31.2 Å². The summed E-state index contributed by atoms with van der Waals surface area (Å²) in [4.78, 5) is 4.41. The van der Waals surface area contributed by atoms with Crippen molar-refractivity contribution in [3.8, 4) is 11.5 Å². The Morgan fingerprint density at radius 3 is 2.57 bits per heavy atom. The van der Waals surface area contributed by atoms with Crippen molar-refractivity contribution in [2.45, 2.75) is 19.9 Å². The van der Waals surface area contributed by atoms with Gasteiger partial charge in [-0.1, -0.05) is 0 Å². The molecule has 0 fully saturated rings. The van der Waals surface area contributed by atoms with Crippen molar-refractivity contribution in [1.82, 2.24) is 4.98 Å². The normalized spacial score (nSPS) is 11.9. The van der Waals surface area contributed by atoms with Gasteiger partial charge in [0.1, 0.15) is 17.3 Å². The van der Waals surface area contributed by atoms with Crippen LogP contribution in [-0.2, 0) is 0 Å². The smallest absolute Gasteiger partial charge is 0.129 e. The minimum atomic E-state index is 0.0678. The largest absolute Gasteiger partial charge is 0.497 e. The van der Waals surface area contributed by atoms with E-state index in [4.69, 9.17) is 9.47 Å². The summed E-state index contributed by atoms with van der Waals surface area (Å²) in [5.41, 5.74) is 2.14. The van der Waals surface area contributed by atoms with Gasteiger partial charge in [-0.15, -0.1) is 0 Å². The molecule has 0 bridgehead atoms. The number of methoxy groups -OCH3 is 2. The first kappa shape index (κ1) is 15.6. The molecule has 2 aromatic rings. The van der Waals surface area contributed by atoms with Gasteiger partial charge >= 0.3 is 0 Å². The van der Waals surface area contributed by atoms with Gasteiger partial charge in [-0.3, -0.25) is 0 Å². The molecule has 1 heterocycles. The summed E-state index contributed by atoms with van der Waals surface area (Å²) >= 11 is 3.42. The van der Waals surface area contributed by atoms with Crippen molar-refractivity contribution in [2.75, 3.05) is 19.5 Å². The van der Waals surface area contributed by atoms with Crippen molar-refractivity contribution in [2.24, 2.45) is 0 Å². The van der Waals surface area contributed by atoms with Gasteiger partial charge in [-0.25, -0.2) is 4.98 Å². The lowest BCUT2D eigenvalue weighted by Gasteiger charge is -2.19. The number of rotatable bonds is 5. The Morgan fingerprint density at radius 2 is 1.95 bits per heavy atom. The summed E-state index contributed by atoms with van der Waals surface area (Å²) in [7, 11) is 3.30. The topological polar surface area (TPSA) is 43.4 Å². The van der Waals surface area contributed by atoms with Crippen LogP contribution < -0.4 is 14.8 Å². The number of nitrogens with one attached hydrogen (secondary N) is 1. The highest BCUT2D eigenvalue weighted by Crippen LogP contribution is 2.31. The molecule has 5 heteroatoms. The molecule has 0 spiro atoms. The zero-order chi connectivity index (χ0) is 15.4. The Morgan fingerprint density at radius 1 is 1.19 bits per heavy atom. The second-order valence-electron chi connectivity index (χ2n) is 4.79. The minimum Gasteiger partial charge on any atom is -0.497 e. The standard InChI is InChI=1S/C16H19BrN2O2/c1-10-7-12(17)9-18-16(10)19-11(2)14-6-5-13(20-3)8-15(14)21-4/h5-9,11H,1-4H3,(H,18,19). The number of ether oxygens (including phenoxy) is 2. The van der Waals surface area contributed by atoms with Crippen LogP contribution in [0.4, 0.5) is 5.82 Å². The average molecular weight is 351 g/mol. The molecule has 1 aromatic carbocycles. The predicted molar refractivity (Wildman–Crippen MR) is 88.3 cm³/mol. The maximum absolute atomic E-state index is 5.45. The van der Waals surface area contributed by atoms with Crippen molar-refractivity contribution >= 4 is 21.7 Å². The van der Waals surface area contributed by atoms with Crippen LogP contribution in [0.5, 0.6) is 11.5 Å². The molecular formula is C16H19BrN2O2. The van der Waals surface area contributed by atoms with E-state index in [-0.39, 0.29) is 6.04 Å². The summed E-state index contributed by atoms with van der Waals surface area (Å²) in [6.07, 6.45) is 1.79. The first-order valence-corrected chi connectivity index (χ1v) is 7.45. The minimum absolute atomic E-state index is 0.0678. The molecular weight excluding hydrogens is 332 g/mol. The van der Waals surface area contributed by atoms with E-state index in [1.54, 1.807) is 20.4 Å². The average Bonchev–Trinajstić information content (AvgIpc) is 2.49. The monoisotopic (exact) mass is 350 g/mol. The van der Waals surface area contributed by atoms with Crippen LogP contribution in [-0.4, -0.2) is 19.2 Å². The van der Waals surface area contributed by atoms with E-state index < -0.39 is 0 Å². The summed E-state index contributed by atoms with van der Waals surface area (Å²) in [6.45, 7) is 4.10. The molecule has 1 unspecified atom stereocenters. The van der Waals surface area contributed by atoms with Crippen molar-refractivity contribution in [3.05, 3.63) is 46.1 Å². The molecule has 4 nitrogen and oxygen atoms in total. The molecule has 0 amide bonds. The van der Waals surface area contributed by atoms with Gasteiger partial charge < -0.3 is 14.8 Å². The van der Waals surface area contributed by atoms with Gasteiger partial charge in [0.25, 0.3) is 0 Å². The third-order valence-electron chi connectivity index (χ3n) is 3.31. The van der Waals surface area contributed by atoms with E-state index in [1.165, 1.54) is 0 Å². The number of benzene rings is 1. The SMILES string of the molecule is COc1ccc(C(C)Nc2ncc(Br)cc2C)c(OC)c1. The maximum Gasteiger partial charge on any atom is 0.129 e. The number of pyridine rings is 1. The van der Waals surface area contributed by atoms with Crippen LogP contribution in [0, 0.1) is 6.92 Å². The summed E-state index contributed by atoms with van der Waals surface area (Å²) < 4.78 is 11.6. The lowest BCUT2D eigenvalue weighted by Crippen LogP contribution is -2.10. The highest BCUT2D eigenvalue weighted by Gasteiger charge is 2.14. The van der Waals surface area contributed by atoms with Crippen LogP contribution in [0.2, 0.25) is 0 Å². The Balaban J connectivity index is 2.25. The van der Waals surface area contributed by atoms with Crippen LogP contribution in [0.1, 0.15) is 24.1 Å². The molecule has 0 aliphatic heterocycles. The molecule has 0 aliphatic carbocycles. The Hall–Kier alpha value is -1.75. The van der Waals surface area contributed by atoms with Crippen LogP contribution in [0.25, 0.3) is 0 Å². The van der Waals surface area contributed by atoms with Crippen molar-refractivity contribution < 1.29 is 9.47 Å². The summed E-state index contributed by atoms with van der Waals surface area (Å²) in [5.74, 6) is 2.44. The molecule has 112 valence electrons. The van der Waals surface area contributed by atoms with E-state index in [0.29, 0.717) is 0 Å². The summed E-state index contributed by atoms with van der Waals surface area (Å²) in [5, 5.41) is 3.41. The number of halogens is 1. The first-order chi connectivity index (χ1) is 10.0. The van der Waals surface area contributed by atoms with E-state index in [2.05, 4.69) is 33.2 Å². The zero-order valence-electron chi connectivity index (χ0n) is 12.6. The molecule has 1 N–H and O–H groups in total. The highest BCUT2D eigenvalue weighted by atomic mass is 79.9. The first-order valence-electron chi connectivity index (χ1n) is 6.65. The zero-order valence-corrected chi connectivity index (χ0v) is 14.2. The van der Waals surface area contributed by atoms with Gasteiger partial charge in [0, 0.05) is 22.3 Å². The third-order valence-corrected chi connectivity index (χ3v) is 3.74. The molecule has 0 saturated heterocycles. The predicted octanol–water partition coefficient (Wildman–Crippen LogP) is 4.34. The van der Waals surface area contributed by atoms with E-state index >= 15 is 0 Å². The Bertz CT molecular complexity index is 632. The van der Waals surface area contributed by atoms with Gasteiger partial charge in [0.15, 0.2) is 0 Å².